The lowest BCUT2D eigenvalue weighted by Crippen LogP contribution is -2.47. The number of ether oxygens (including phenoxy) is 1. The molecule has 2 atom stereocenters. The van der Waals surface area contributed by atoms with Crippen LogP contribution in [0.2, 0.25) is 0 Å². The Labute approximate surface area is 137 Å². The molecule has 124 valence electrons. The van der Waals surface area contributed by atoms with Crippen molar-refractivity contribution < 1.29 is 9.53 Å². The van der Waals surface area contributed by atoms with E-state index < -0.39 is 0 Å². The standard InChI is InChI=1S/C17H28N2O2S/c1-17(2,3)15-13(7-5-9-21-15)11-18-16(20)19(4)12-14-8-6-10-22-14/h6,8,10,13,15H,5,7,9,11-12H2,1-4H3,(H,18,20). The van der Waals surface area contributed by atoms with Crippen LogP contribution in [-0.4, -0.2) is 37.2 Å². The molecule has 1 aliphatic heterocycles. The van der Waals surface area contributed by atoms with Crippen molar-refractivity contribution in [3.05, 3.63) is 22.4 Å². The van der Waals surface area contributed by atoms with Gasteiger partial charge in [0.1, 0.15) is 0 Å². The Bertz CT molecular complexity index is 468. The van der Waals surface area contributed by atoms with Gasteiger partial charge < -0.3 is 15.0 Å². The summed E-state index contributed by atoms with van der Waals surface area (Å²) in [7, 11) is 1.84. The van der Waals surface area contributed by atoms with Crippen LogP contribution in [-0.2, 0) is 11.3 Å². The summed E-state index contributed by atoms with van der Waals surface area (Å²) >= 11 is 1.68. The fourth-order valence-corrected chi connectivity index (χ4v) is 3.83. The van der Waals surface area contributed by atoms with Crippen molar-refractivity contribution in [2.24, 2.45) is 11.3 Å². The monoisotopic (exact) mass is 324 g/mol. The summed E-state index contributed by atoms with van der Waals surface area (Å²) in [6.45, 7) is 8.82. The van der Waals surface area contributed by atoms with Gasteiger partial charge in [0, 0.05) is 31.0 Å². The molecule has 0 radical (unpaired) electrons. The molecular formula is C17H28N2O2S. The van der Waals surface area contributed by atoms with Gasteiger partial charge in [0.2, 0.25) is 0 Å². The van der Waals surface area contributed by atoms with Crippen LogP contribution in [0.4, 0.5) is 4.79 Å². The lowest BCUT2D eigenvalue weighted by Gasteiger charge is -2.40. The second kappa shape index (κ2) is 7.47. The molecule has 2 unspecified atom stereocenters. The largest absolute Gasteiger partial charge is 0.377 e. The number of rotatable bonds is 4. The van der Waals surface area contributed by atoms with Gasteiger partial charge in [-0.1, -0.05) is 26.8 Å². The highest BCUT2D eigenvalue weighted by Gasteiger charge is 2.35. The van der Waals surface area contributed by atoms with Crippen LogP contribution in [0.3, 0.4) is 0 Å². The zero-order valence-corrected chi connectivity index (χ0v) is 14.9. The third-order valence-corrected chi connectivity index (χ3v) is 4.99. The average molecular weight is 324 g/mol. The van der Waals surface area contributed by atoms with Crippen LogP contribution in [0.5, 0.6) is 0 Å². The third-order valence-electron chi connectivity index (χ3n) is 4.13. The van der Waals surface area contributed by atoms with E-state index in [0.29, 0.717) is 19.0 Å². The molecule has 22 heavy (non-hydrogen) atoms. The first-order valence-electron chi connectivity index (χ1n) is 8.01. The van der Waals surface area contributed by atoms with Crippen molar-refractivity contribution in [1.29, 1.82) is 0 Å². The van der Waals surface area contributed by atoms with Crippen molar-refractivity contribution in [1.82, 2.24) is 10.2 Å². The molecule has 5 heteroatoms. The first-order valence-corrected chi connectivity index (χ1v) is 8.89. The molecular weight excluding hydrogens is 296 g/mol. The molecule has 0 spiro atoms. The van der Waals surface area contributed by atoms with E-state index in [2.05, 4.69) is 32.2 Å². The SMILES string of the molecule is CN(Cc1cccs1)C(=O)NCC1CCCOC1C(C)(C)C. The second-order valence-corrected chi connectivity index (χ2v) is 8.21. The number of hydrogen-bond acceptors (Lipinski definition) is 3. The van der Waals surface area contributed by atoms with Crippen LogP contribution >= 0.6 is 11.3 Å². The minimum absolute atomic E-state index is 0.00775. The molecule has 1 aliphatic rings. The number of nitrogens with zero attached hydrogens (tertiary/aromatic N) is 1. The first-order chi connectivity index (χ1) is 10.4. The van der Waals surface area contributed by atoms with Crippen LogP contribution in [0.15, 0.2) is 17.5 Å². The summed E-state index contributed by atoms with van der Waals surface area (Å²) in [4.78, 5) is 15.2. The molecule has 0 bridgehead atoms. The topological polar surface area (TPSA) is 41.6 Å². The molecule has 0 aromatic carbocycles. The number of hydrogen-bond donors (Lipinski definition) is 1. The van der Waals surface area contributed by atoms with Crippen molar-refractivity contribution >= 4 is 17.4 Å². The van der Waals surface area contributed by atoms with Crippen LogP contribution < -0.4 is 5.32 Å². The van der Waals surface area contributed by atoms with E-state index in [1.54, 1.807) is 16.2 Å². The summed E-state index contributed by atoms with van der Waals surface area (Å²) in [5.74, 6) is 0.396. The van der Waals surface area contributed by atoms with Gasteiger partial charge in [-0.3, -0.25) is 0 Å². The predicted octanol–water partition coefficient (Wildman–Crippen LogP) is 3.73. The van der Waals surface area contributed by atoms with E-state index in [1.807, 2.05) is 18.5 Å². The third kappa shape index (κ3) is 4.71. The van der Waals surface area contributed by atoms with Crippen molar-refractivity contribution in [3.63, 3.8) is 0 Å². The molecule has 2 heterocycles. The number of thiophene rings is 1. The minimum Gasteiger partial charge on any atom is -0.377 e. The number of urea groups is 1. The molecule has 1 aromatic rings. The molecule has 2 amide bonds. The second-order valence-electron chi connectivity index (χ2n) is 7.18. The van der Waals surface area contributed by atoms with Crippen molar-refractivity contribution in [2.75, 3.05) is 20.2 Å². The van der Waals surface area contributed by atoms with Crippen molar-refractivity contribution in [2.45, 2.75) is 46.3 Å². The molecule has 0 saturated carbocycles. The fourth-order valence-electron chi connectivity index (χ4n) is 3.07. The Kier molecular flexibility index (Phi) is 5.87. The Morgan fingerprint density at radius 1 is 1.50 bits per heavy atom. The van der Waals surface area contributed by atoms with E-state index in [9.17, 15) is 4.79 Å². The predicted molar refractivity (Wildman–Crippen MR) is 91.1 cm³/mol. The minimum atomic E-state index is -0.00775. The Balaban J connectivity index is 1.83. The number of nitrogens with one attached hydrogen (secondary N) is 1. The fraction of sp³-hybridized carbons (Fsp3) is 0.706. The normalized spacial score (nSPS) is 22.4. The zero-order valence-electron chi connectivity index (χ0n) is 14.1. The summed E-state index contributed by atoms with van der Waals surface area (Å²) in [5.41, 5.74) is 0.110. The van der Waals surface area contributed by atoms with E-state index in [4.69, 9.17) is 4.74 Å². The summed E-state index contributed by atoms with van der Waals surface area (Å²) in [5, 5.41) is 5.11. The van der Waals surface area contributed by atoms with Gasteiger partial charge in [-0.15, -0.1) is 11.3 Å². The number of carbonyl (C=O) groups is 1. The molecule has 1 saturated heterocycles. The molecule has 4 nitrogen and oxygen atoms in total. The van der Waals surface area contributed by atoms with E-state index in [1.165, 1.54) is 4.88 Å². The Hall–Kier alpha value is -1.07. The van der Waals surface area contributed by atoms with Gasteiger partial charge >= 0.3 is 6.03 Å². The van der Waals surface area contributed by atoms with E-state index in [-0.39, 0.29) is 17.6 Å². The molecule has 1 N–H and O–H groups in total. The van der Waals surface area contributed by atoms with Gasteiger partial charge in [-0.05, 0) is 29.7 Å². The molecule has 2 rings (SSSR count). The average Bonchev–Trinajstić information content (AvgIpc) is 2.97. The summed E-state index contributed by atoms with van der Waals surface area (Å²) in [6, 6.07) is 4.06. The number of amides is 2. The van der Waals surface area contributed by atoms with Crippen LogP contribution in [0, 0.1) is 11.3 Å². The molecule has 1 aromatic heterocycles. The smallest absolute Gasteiger partial charge is 0.317 e. The molecule has 0 aliphatic carbocycles. The highest BCUT2D eigenvalue weighted by molar-refractivity contribution is 7.09. The van der Waals surface area contributed by atoms with Crippen molar-refractivity contribution in [3.8, 4) is 0 Å². The van der Waals surface area contributed by atoms with Gasteiger partial charge in [-0.2, -0.15) is 0 Å². The molecule has 1 fully saturated rings. The number of carbonyl (C=O) groups excluding carboxylic acids is 1. The highest BCUT2D eigenvalue weighted by atomic mass is 32.1. The van der Waals surface area contributed by atoms with Gasteiger partial charge in [0.25, 0.3) is 0 Å². The van der Waals surface area contributed by atoms with Gasteiger partial charge in [0.15, 0.2) is 0 Å². The van der Waals surface area contributed by atoms with Gasteiger partial charge in [-0.25, -0.2) is 4.79 Å². The lowest BCUT2D eigenvalue weighted by atomic mass is 9.78. The van der Waals surface area contributed by atoms with E-state index >= 15 is 0 Å². The summed E-state index contributed by atoms with van der Waals surface area (Å²) < 4.78 is 5.97. The maximum absolute atomic E-state index is 12.2. The quantitative estimate of drug-likeness (QED) is 0.917. The Morgan fingerprint density at radius 3 is 2.91 bits per heavy atom. The van der Waals surface area contributed by atoms with Crippen LogP contribution in [0.25, 0.3) is 0 Å². The van der Waals surface area contributed by atoms with E-state index in [0.717, 1.165) is 19.4 Å². The van der Waals surface area contributed by atoms with Crippen LogP contribution in [0.1, 0.15) is 38.5 Å². The first kappa shape index (κ1) is 17.3. The summed E-state index contributed by atoms with van der Waals surface area (Å²) in [6.07, 6.45) is 2.42. The highest BCUT2D eigenvalue weighted by Crippen LogP contribution is 2.33. The zero-order chi connectivity index (χ0) is 16.2. The Morgan fingerprint density at radius 2 is 2.27 bits per heavy atom. The van der Waals surface area contributed by atoms with Gasteiger partial charge in [0.05, 0.1) is 12.6 Å². The maximum atomic E-state index is 12.2. The lowest BCUT2D eigenvalue weighted by molar-refractivity contribution is -0.0839. The maximum Gasteiger partial charge on any atom is 0.317 e.